The van der Waals surface area contributed by atoms with Crippen molar-refractivity contribution in [1.29, 1.82) is 0 Å². The fourth-order valence-corrected chi connectivity index (χ4v) is 6.16. The van der Waals surface area contributed by atoms with Crippen molar-refractivity contribution in [3.63, 3.8) is 0 Å². The van der Waals surface area contributed by atoms with Crippen LogP contribution in [0, 0.1) is 0 Å². The largest absolute Gasteiger partial charge is 0.408 e. The Balaban J connectivity index is 2.06. The molecule has 0 bridgehead atoms. The van der Waals surface area contributed by atoms with Gasteiger partial charge in [-0.2, -0.15) is 0 Å². The summed E-state index contributed by atoms with van der Waals surface area (Å²) in [5, 5.41) is 0. The summed E-state index contributed by atoms with van der Waals surface area (Å²) < 4.78 is 6.75. The van der Waals surface area contributed by atoms with Gasteiger partial charge in [0.25, 0.3) is 0 Å². The van der Waals surface area contributed by atoms with Gasteiger partial charge in [0, 0.05) is 5.92 Å². The van der Waals surface area contributed by atoms with Crippen LogP contribution in [-0.4, -0.2) is 8.32 Å². The van der Waals surface area contributed by atoms with Gasteiger partial charge in [0.1, 0.15) is 0 Å². The molecule has 0 radical (unpaired) electrons. The van der Waals surface area contributed by atoms with Crippen LogP contribution in [0.3, 0.4) is 0 Å². The summed E-state index contributed by atoms with van der Waals surface area (Å²) in [5.74, 6) is 0.432. The summed E-state index contributed by atoms with van der Waals surface area (Å²) in [6.45, 7) is 6.97. The van der Waals surface area contributed by atoms with Gasteiger partial charge in [0.05, 0.1) is 5.60 Å². The average molecular weight is 296 g/mol. The van der Waals surface area contributed by atoms with E-state index in [2.05, 4.69) is 80.7 Å². The highest BCUT2D eigenvalue weighted by Gasteiger charge is 2.46. The summed E-state index contributed by atoms with van der Waals surface area (Å²) >= 11 is 0. The summed E-state index contributed by atoms with van der Waals surface area (Å²) in [6.07, 6.45) is 1.22. The van der Waals surface area contributed by atoms with Gasteiger partial charge in [-0.3, -0.25) is 0 Å². The van der Waals surface area contributed by atoms with Crippen molar-refractivity contribution < 1.29 is 4.43 Å². The molecule has 0 amide bonds. The van der Waals surface area contributed by atoms with E-state index in [0.29, 0.717) is 5.92 Å². The number of benzene rings is 2. The van der Waals surface area contributed by atoms with Crippen LogP contribution in [0.4, 0.5) is 0 Å². The lowest BCUT2D eigenvalue weighted by Gasteiger charge is -2.48. The first-order valence-electron chi connectivity index (χ1n) is 7.82. The Morgan fingerprint density at radius 3 is 2.14 bits per heavy atom. The second kappa shape index (κ2) is 5.43. The van der Waals surface area contributed by atoms with Crippen molar-refractivity contribution >= 4 is 8.32 Å². The van der Waals surface area contributed by atoms with Crippen LogP contribution in [-0.2, 0) is 10.0 Å². The standard InChI is InChI=1S/C19H24OSi/c1-19(17-12-8-5-9-13-17)18(14-15-21(2,3)20-19)16-10-6-4-7-11-16/h4-13,18H,14-15H2,1-3H3. The monoisotopic (exact) mass is 296 g/mol. The molecule has 2 atom stereocenters. The Labute approximate surface area is 129 Å². The van der Waals surface area contributed by atoms with Crippen LogP contribution >= 0.6 is 0 Å². The fourth-order valence-electron chi connectivity index (χ4n) is 3.66. The van der Waals surface area contributed by atoms with Crippen molar-refractivity contribution in [2.45, 2.75) is 44.0 Å². The molecule has 2 aromatic rings. The molecule has 0 N–H and O–H groups in total. The molecule has 1 aliphatic heterocycles. The van der Waals surface area contributed by atoms with Crippen LogP contribution in [0.2, 0.25) is 19.1 Å². The molecule has 1 aliphatic rings. The van der Waals surface area contributed by atoms with E-state index in [9.17, 15) is 0 Å². The van der Waals surface area contributed by atoms with E-state index < -0.39 is 8.32 Å². The predicted octanol–water partition coefficient (Wildman–Crippen LogP) is 5.31. The molecule has 1 nitrogen and oxygen atoms in total. The highest BCUT2D eigenvalue weighted by atomic mass is 28.4. The third-order valence-electron chi connectivity index (χ3n) is 4.74. The van der Waals surface area contributed by atoms with Gasteiger partial charge in [-0.25, -0.2) is 0 Å². The maximum atomic E-state index is 6.75. The van der Waals surface area contributed by atoms with Crippen molar-refractivity contribution in [2.75, 3.05) is 0 Å². The maximum absolute atomic E-state index is 6.75. The van der Waals surface area contributed by atoms with Gasteiger partial charge >= 0.3 is 0 Å². The molecule has 0 aliphatic carbocycles. The third-order valence-corrected chi connectivity index (χ3v) is 7.21. The Hall–Kier alpha value is -1.38. The van der Waals surface area contributed by atoms with Crippen LogP contribution in [0.1, 0.15) is 30.4 Å². The van der Waals surface area contributed by atoms with Crippen molar-refractivity contribution in [3.05, 3.63) is 71.8 Å². The molecule has 21 heavy (non-hydrogen) atoms. The average Bonchev–Trinajstić information content (AvgIpc) is 2.48. The first-order chi connectivity index (χ1) is 10.0. The fraction of sp³-hybridized carbons (Fsp3) is 0.368. The summed E-state index contributed by atoms with van der Waals surface area (Å²) in [5.41, 5.74) is 2.49. The Kier molecular flexibility index (Phi) is 3.76. The first kappa shape index (κ1) is 14.5. The van der Waals surface area contributed by atoms with Crippen LogP contribution in [0.15, 0.2) is 60.7 Å². The minimum absolute atomic E-state index is 0.212. The highest BCUT2D eigenvalue weighted by molar-refractivity contribution is 6.71. The van der Waals surface area contributed by atoms with E-state index >= 15 is 0 Å². The highest BCUT2D eigenvalue weighted by Crippen LogP contribution is 2.49. The Bertz CT molecular complexity index is 593. The van der Waals surface area contributed by atoms with Gasteiger partial charge in [0.15, 0.2) is 8.32 Å². The lowest BCUT2D eigenvalue weighted by atomic mass is 9.77. The molecule has 1 heterocycles. The molecule has 0 saturated carbocycles. The lowest BCUT2D eigenvalue weighted by molar-refractivity contribution is 0.0267. The van der Waals surface area contributed by atoms with E-state index in [4.69, 9.17) is 4.43 Å². The Morgan fingerprint density at radius 2 is 1.52 bits per heavy atom. The minimum atomic E-state index is -1.58. The zero-order valence-corrected chi connectivity index (χ0v) is 14.2. The third kappa shape index (κ3) is 2.83. The molecule has 2 unspecified atom stereocenters. The molecule has 0 aromatic heterocycles. The number of hydrogen-bond donors (Lipinski definition) is 0. The number of hydrogen-bond acceptors (Lipinski definition) is 1. The zero-order valence-electron chi connectivity index (χ0n) is 13.2. The normalized spacial score (nSPS) is 28.2. The quantitative estimate of drug-likeness (QED) is 0.682. The van der Waals surface area contributed by atoms with Crippen LogP contribution in [0.5, 0.6) is 0 Å². The topological polar surface area (TPSA) is 9.23 Å². The van der Waals surface area contributed by atoms with E-state index in [1.54, 1.807) is 0 Å². The van der Waals surface area contributed by atoms with Crippen molar-refractivity contribution in [2.24, 2.45) is 0 Å². The van der Waals surface area contributed by atoms with Crippen molar-refractivity contribution in [1.82, 2.24) is 0 Å². The lowest BCUT2D eigenvalue weighted by Crippen LogP contribution is -2.49. The zero-order chi connectivity index (χ0) is 14.9. The van der Waals surface area contributed by atoms with Crippen LogP contribution < -0.4 is 0 Å². The molecule has 1 saturated heterocycles. The van der Waals surface area contributed by atoms with Gasteiger partial charge in [0.2, 0.25) is 0 Å². The SMILES string of the molecule is CC1(c2ccccc2)O[Si](C)(C)CCC1c1ccccc1. The van der Waals surface area contributed by atoms with Gasteiger partial charge in [-0.1, -0.05) is 60.7 Å². The summed E-state index contributed by atoms with van der Waals surface area (Å²) in [6, 6.07) is 22.8. The van der Waals surface area contributed by atoms with Gasteiger partial charge in [-0.15, -0.1) is 0 Å². The van der Waals surface area contributed by atoms with Gasteiger partial charge < -0.3 is 4.43 Å². The second-order valence-corrected chi connectivity index (χ2v) is 11.1. The second-order valence-electron chi connectivity index (χ2n) is 6.84. The molecule has 110 valence electrons. The molecule has 2 aromatic carbocycles. The first-order valence-corrected chi connectivity index (χ1v) is 10.9. The molecule has 2 heteroatoms. The predicted molar refractivity (Wildman–Crippen MR) is 91.0 cm³/mol. The van der Waals surface area contributed by atoms with E-state index in [0.717, 1.165) is 0 Å². The molecule has 1 fully saturated rings. The van der Waals surface area contributed by atoms with E-state index in [1.165, 1.54) is 23.6 Å². The van der Waals surface area contributed by atoms with E-state index in [1.807, 2.05) is 0 Å². The van der Waals surface area contributed by atoms with E-state index in [-0.39, 0.29) is 5.60 Å². The van der Waals surface area contributed by atoms with Gasteiger partial charge in [-0.05, 0) is 43.6 Å². The van der Waals surface area contributed by atoms with Crippen LogP contribution in [0.25, 0.3) is 0 Å². The summed E-state index contributed by atoms with van der Waals surface area (Å²) in [4.78, 5) is 0. The maximum Gasteiger partial charge on any atom is 0.188 e. The molecular weight excluding hydrogens is 272 g/mol. The molecule has 3 rings (SSSR count). The molecular formula is C19H24OSi. The Morgan fingerprint density at radius 1 is 0.952 bits per heavy atom. The minimum Gasteiger partial charge on any atom is -0.408 e. The smallest absolute Gasteiger partial charge is 0.188 e. The summed E-state index contributed by atoms with van der Waals surface area (Å²) in [7, 11) is -1.58. The number of rotatable bonds is 2. The van der Waals surface area contributed by atoms with Crippen molar-refractivity contribution in [3.8, 4) is 0 Å². The molecule has 0 spiro atoms.